The van der Waals surface area contributed by atoms with Crippen LogP contribution in [0, 0.1) is 0 Å². The molecule has 0 rings (SSSR count). The molecule has 0 heterocycles. The molecule has 0 bridgehead atoms. The molecule has 0 fully saturated rings. The van der Waals surface area contributed by atoms with Gasteiger partial charge in [0, 0.05) is 0 Å². The summed E-state index contributed by atoms with van der Waals surface area (Å²) in [7, 11) is 0. The number of allylic oxidation sites excluding steroid dienone is 3. The molecular weight excluding hydrogens is 314 g/mol. The zero-order valence-electron chi connectivity index (χ0n) is 10.2. The topological polar surface area (TPSA) is 60.4 Å². The minimum absolute atomic E-state index is 0. The average Bonchev–Trinajstić information content (AvgIpc) is 2.01. The van der Waals surface area contributed by atoms with Crippen LogP contribution in [0.4, 0.5) is 0 Å². The van der Waals surface area contributed by atoms with E-state index in [9.17, 15) is 9.90 Å². The molecule has 0 radical (unpaired) electrons. The number of aliphatic carboxylic acids is 1. The van der Waals surface area contributed by atoms with Crippen LogP contribution in [0.2, 0.25) is 0 Å². The normalized spacial score (nSPS) is 11.9. The van der Waals surface area contributed by atoms with Gasteiger partial charge < -0.3 is 15.0 Å². The molecule has 0 saturated heterocycles. The van der Waals surface area contributed by atoms with Gasteiger partial charge in [0.15, 0.2) is 0 Å². The van der Waals surface area contributed by atoms with E-state index < -0.39 is 15.4 Å². The molecule has 0 atom stereocenters. The summed E-state index contributed by atoms with van der Waals surface area (Å²) in [5, 5.41) is 18.6. The van der Waals surface area contributed by atoms with Crippen molar-refractivity contribution < 1.29 is 66.4 Å². The Hall–Kier alpha value is 1.42. The van der Waals surface area contributed by atoms with Gasteiger partial charge in [-0.25, -0.2) is 0 Å². The molecule has 0 saturated carbocycles. The molecule has 17 heavy (non-hydrogen) atoms. The van der Waals surface area contributed by atoms with Crippen LogP contribution in [0.1, 0.15) is 20.8 Å². The Morgan fingerprint density at radius 3 is 1.76 bits per heavy atom. The van der Waals surface area contributed by atoms with Crippen LogP contribution in [0.3, 0.4) is 0 Å². The van der Waals surface area contributed by atoms with Gasteiger partial charge in [-0.2, -0.15) is 0 Å². The van der Waals surface area contributed by atoms with Crippen molar-refractivity contribution in [3.05, 3.63) is 24.3 Å². The molecule has 0 aliphatic heterocycles. The monoisotopic (exact) mass is 326 g/mol. The van der Waals surface area contributed by atoms with E-state index in [1.54, 1.807) is 19.1 Å². The summed E-state index contributed by atoms with van der Waals surface area (Å²) >= 11 is 15.9. The fourth-order valence-electron chi connectivity index (χ4n) is 0.245. The summed E-state index contributed by atoms with van der Waals surface area (Å²) in [6.07, 6.45) is 5.74. The van der Waals surface area contributed by atoms with E-state index in [1.807, 2.05) is 0 Å². The Kier molecular flexibility index (Phi) is 15.6. The number of carbonyl (C=O) groups excluding carboxylic acids is 1. The summed E-state index contributed by atoms with van der Waals surface area (Å²) < 4.78 is -1.59. The fraction of sp³-hybridized carbons (Fsp3) is 0.500. The summed E-state index contributed by atoms with van der Waals surface area (Å²) in [5.41, 5.74) is -1.27. The van der Waals surface area contributed by atoms with Gasteiger partial charge in [0.25, 0.3) is 0 Å². The van der Waals surface area contributed by atoms with Crippen LogP contribution in [0.25, 0.3) is 0 Å². The molecule has 0 spiro atoms. The Balaban J connectivity index is -0.000000218. The molecule has 0 aromatic rings. The summed E-state index contributed by atoms with van der Waals surface area (Å²) in [6, 6.07) is 0. The second kappa shape index (κ2) is 11.3. The molecule has 1 N–H and O–H groups in total. The van der Waals surface area contributed by atoms with Gasteiger partial charge in [0.05, 0.1) is 5.97 Å². The van der Waals surface area contributed by atoms with Gasteiger partial charge in [-0.1, -0.05) is 53.0 Å². The first-order valence-electron chi connectivity index (χ1n) is 4.31. The molecular formula is C10H14Cl3KO3. The third-order valence-corrected chi connectivity index (χ3v) is 2.62. The number of carboxylic acids is 1. The number of rotatable bonds is 2. The molecule has 0 aromatic carbocycles. The number of alkyl halides is 3. The van der Waals surface area contributed by atoms with E-state index in [2.05, 4.69) is 0 Å². The van der Waals surface area contributed by atoms with Gasteiger partial charge in [-0.3, -0.25) is 0 Å². The SMILES string of the molecule is C/C=C/C=C/C(=O)[O-].CC(C)(O)C(Cl)(Cl)Cl.[K+]. The quantitative estimate of drug-likeness (QED) is 0.306. The maximum absolute atomic E-state index is 9.64. The van der Waals surface area contributed by atoms with E-state index in [1.165, 1.54) is 19.9 Å². The van der Waals surface area contributed by atoms with E-state index in [0.29, 0.717) is 0 Å². The van der Waals surface area contributed by atoms with E-state index in [-0.39, 0.29) is 51.4 Å². The van der Waals surface area contributed by atoms with Crippen molar-refractivity contribution in [3.63, 3.8) is 0 Å². The van der Waals surface area contributed by atoms with Gasteiger partial charge in [0.1, 0.15) is 5.60 Å². The third kappa shape index (κ3) is 17.4. The number of halogens is 3. The van der Waals surface area contributed by atoms with Crippen molar-refractivity contribution in [2.24, 2.45) is 0 Å². The fourth-order valence-corrected chi connectivity index (χ4v) is 0.245. The minimum atomic E-state index is -1.59. The number of hydrogen-bond donors (Lipinski definition) is 1. The van der Waals surface area contributed by atoms with Crippen molar-refractivity contribution >= 4 is 40.8 Å². The van der Waals surface area contributed by atoms with Crippen molar-refractivity contribution in [2.75, 3.05) is 0 Å². The smallest absolute Gasteiger partial charge is 0.545 e. The van der Waals surface area contributed by atoms with E-state index >= 15 is 0 Å². The second-order valence-corrected chi connectivity index (χ2v) is 5.54. The second-order valence-electron chi connectivity index (χ2n) is 3.26. The summed E-state index contributed by atoms with van der Waals surface area (Å²) in [6.45, 7) is 4.67. The third-order valence-electron chi connectivity index (χ3n) is 1.23. The van der Waals surface area contributed by atoms with Gasteiger partial charge >= 0.3 is 51.4 Å². The molecule has 0 amide bonds. The van der Waals surface area contributed by atoms with Gasteiger partial charge in [-0.05, 0) is 26.8 Å². The van der Waals surface area contributed by atoms with Crippen molar-refractivity contribution in [1.29, 1.82) is 0 Å². The Labute approximate surface area is 159 Å². The van der Waals surface area contributed by atoms with Crippen molar-refractivity contribution in [1.82, 2.24) is 0 Å². The van der Waals surface area contributed by atoms with Crippen LogP contribution in [0.15, 0.2) is 24.3 Å². The Morgan fingerprint density at radius 1 is 1.24 bits per heavy atom. The Bertz CT molecular complexity index is 253. The van der Waals surface area contributed by atoms with Crippen LogP contribution >= 0.6 is 34.8 Å². The first-order chi connectivity index (χ1) is 7.02. The molecule has 94 valence electrons. The molecule has 3 nitrogen and oxygen atoms in total. The van der Waals surface area contributed by atoms with Crippen LogP contribution < -0.4 is 56.5 Å². The molecule has 7 heteroatoms. The molecule has 0 unspecified atom stereocenters. The van der Waals surface area contributed by atoms with Crippen molar-refractivity contribution in [2.45, 2.75) is 30.2 Å². The summed E-state index contributed by atoms with van der Waals surface area (Å²) in [5.74, 6) is -1.16. The van der Waals surface area contributed by atoms with Crippen LogP contribution in [-0.4, -0.2) is 20.5 Å². The molecule has 0 aliphatic carbocycles. The number of hydrogen-bond acceptors (Lipinski definition) is 3. The predicted molar refractivity (Wildman–Crippen MR) is 65.5 cm³/mol. The average molecular weight is 328 g/mol. The number of carboxylic acid groups (broad SMARTS) is 1. The zero-order valence-corrected chi connectivity index (χ0v) is 15.6. The Morgan fingerprint density at radius 2 is 1.59 bits per heavy atom. The first kappa shape index (κ1) is 23.5. The van der Waals surface area contributed by atoms with E-state index in [0.717, 1.165) is 6.08 Å². The zero-order chi connectivity index (χ0) is 13.4. The molecule has 0 aliphatic rings. The number of carbonyl (C=O) groups is 1. The maximum atomic E-state index is 9.64. The first-order valence-corrected chi connectivity index (χ1v) is 5.45. The summed E-state index contributed by atoms with van der Waals surface area (Å²) in [4.78, 5) is 9.64. The van der Waals surface area contributed by atoms with Crippen LogP contribution in [0.5, 0.6) is 0 Å². The van der Waals surface area contributed by atoms with Gasteiger partial charge in [-0.15, -0.1) is 0 Å². The van der Waals surface area contributed by atoms with Crippen LogP contribution in [-0.2, 0) is 4.79 Å². The number of aliphatic hydroxyl groups is 1. The minimum Gasteiger partial charge on any atom is -0.545 e. The predicted octanol–water partition coefficient (Wildman–Crippen LogP) is -1.000. The largest absolute Gasteiger partial charge is 1.00 e. The standard InChI is InChI=1S/C6H8O2.C4H7Cl3O.K/c1-2-3-4-5-6(7)8;1-3(2,8)4(5,6)7;/h2-5H,1H3,(H,7,8);8H,1-2H3;/q;;+1/p-1/b3-2+,5-4+;;. The molecule has 0 aromatic heterocycles. The van der Waals surface area contributed by atoms with E-state index in [4.69, 9.17) is 39.9 Å². The van der Waals surface area contributed by atoms with Crippen molar-refractivity contribution in [3.8, 4) is 0 Å². The van der Waals surface area contributed by atoms with Gasteiger partial charge in [0.2, 0.25) is 3.79 Å². The maximum Gasteiger partial charge on any atom is 1.00 e.